The zero-order valence-electron chi connectivity index (χ0n) is 10.8. The molecule has 104 valence electrons. The van der Waals surface area contributed by atoms with Crippen LogP contribution in [0.2, 0.25) is 0 Å². The van der Waals surface area contributed by atoms with Crippen molar-refractivity contribution in [2.24, 2.45) is 0 Å². The number of nitrogens with zero attached hydrogens (tertiary/aromatic N) is 1. The number of furan rings is 1. The van der Waals surface area contributed by atoms with Crippen molar-refractivity contribution in [3.05, 3.63) is 62.0 Å². The van der Waals surface area contributed by atoms with E-state index in [4.69, 9.17) is 4.42 Å². The van der Waals surface area contributed by atoms with Gasteiger partial charge in [0.1, 0.15) is 5.76 Å². The van der Waals surface area contributed by atoms with E-state index in [1.54, 1.807) is 18.0 Å². The molecule has 2 rings (SSSR count). The molecule has 2 aromatic rings. The van der Waals surface area contributed by atoms with E-state index in [2.05, 4.69) is 38.5 Å². The molecule has 0 aliphatic carbocycles. The van der Waals surface area contributed by atoms with Crippen LogP contribution in [0.5, 0.6) is 0 Å². The summed E-state index contributed by atoms with van der Waals surface area (Å²) in [6.45, 7) is 0.556. The van der Waals surface area contributed by atoms with Gasteiger partial charge in [0.2, 0.25) is 5.91 Å². The van der Waals surface area contributed by atoms with E-state index < -0.39 is 0 Å². The number of hydrogen-bond acceptors (Lipinski definition) is 2. The molecule has 1 amide bonds. The molecule has 0 unspecified atom stereocenters. The van der Waals surface area contributed by atoms with Gasteiger partial charge in [0.25, 0.3) is 0 Å². The van der Waals surface area contributed by atoms with E-state index in [9.17, 15) is 4.79 Å². The fourth-order valence-electron chi connectivity index (χ4n) is 1.66. The van der Waals surface area contributed by atoms with Crippen molar-refractivity contribution in [2.75, 3.05) is 7.05 Å². The van der Waals surface area contributed by atoms with Crippen molar-refractivity contribution in [1.82, 2.24) is 4.90 Å². The molecular formula is C15H13BrINO2. The highest BCUT2D eigenvalue weighted by atomic mass is 127. The quantitative estimate of drug-likeness (QED) is 0.518. The number of halogens is 2. The summed E-state index contributed by atoms with van der Waals surface area (Å²) in [7, 11) is 1.78. The lowest BCUT2D eigenvalue weighted by atomic mass is 10.2. The zero-order chi connectivity index (χ0) is 14.5. The van der Waals surface area contributed by atoms with Crippen LogP contribution in [0.15, 0.2) is 51.4 Å². The summed E-state index contributed by atoms with van der Waals surface area (Å²) in [5.74, 6) is 0.615. The Kier molecular flexibility index (Phi) is 5.42. The Bertz CT molecular complexity index is 636. The normalized spacial score (nSPS) is 10.9. The van der Waals surface area contributed by atoms with Gasteiger partial charge >= 0.3 is 0 Å². The van der Waals surface area contributed by atoms with E-state index in [0.717, 1.165) is 13.8 Å². The van der Waals surface area contributed by atoms with Crippen LogP contribution >= 0.6 is 38.5 Å². The molecule has 1 aromatic carbocycles. The summed E-state index contributed by atoms with van der Waals surface area (Å²) in [5.41, 5.74) is 1.07. The molecule has 0 aliphatic rings. The first-order valence-electron chi connectivity index (χ1n) is 5.98. The number of carbonyl (C=O) groups is 1. The first kappa shape index (κ1) is 15.3. The maximum Gasteiger partial charge on any atom is 0.246 e. The van der Waals surface area contributed by atoms with Crippen LogP contribution in [0, 0.1) is 3.77 Å². The van der Waals surface area contributed by atoms with Gasteiger partial charge in [0.15, 0.2) is 3.77 Å². The van der Waals surface area contributed by atoms with Gasteiger partial charge in [-0.3, -0.25) is 4.79 Å². The summed E-state index contributed by atoms with van der Waals surface area (Å²) < 4.78 is 7.18. The average molecular weight is 446 g/mol. The molecule has 0 saturated heterocycles. The predicted octanol–water partition coefficient (Wildman–Crippen LogP) is 4.32. The van der Waals surface area contributed by atoms with Gasteiger partial charge in [-0.25, -0.2) is 0 Å². The van der Waals surface area contributed by atoms with Crippen molar-refractivity contribution >= 4 is 50.5 Å². The van der Waals surface area contributed by atoms with Crippen LogP contribution in [0.4, 0.5) is 0 Å². The summed E-state index contributed by atoms with van der Waals surface area (Å²) in [4.78, 5) is 13.7. The van der Waals surface area contributed by atoms with Gasteiger partial charge in [-0.2, -0.15) is 0 Å². The molecule has 5 heteroatoms. The Morgan fingerprint density at radius 1 is 1.35 bits per heavy atom. The van der Waals surface area contributed by atoms with Gasteiger partial charge in [-0.15, -0.1) is 0 Å². The molecule has 3 nitrogen and oxygen atoms in total. The predicted molar refractivity (Wildman–Crippen MR) is 91.1 cm³/mol. The van der Waals surface area contributed by atoms with Crippen LogP contribution in [0.25, 0.3) is 6.08 Å². The Hall–Kier alpha value is -1.08. The molecule has 20 heavy (non-hydrogen) atoms. The molecule has 0 N–H and O–H groups in total. The third-order valence-corrected chi connectivity index (χ3v) is 4.08. The van der Waals surface area contributed by atoms with E-state index in [0.29, 0.717) is 12.3 Å². The molecule has 0 fully saturated rings. The first-order valence-corrected chi connectivity index (χ1v) is 7.85. The molecule has 0 bridgehead atoms. The van der Waals surface area contributed by atoms with Crippen molar-refractivity contribution in [3.63, 3.8) is 0 Å². The van der Waals surface area contributed by atoms with Crippen molar-refractivity contribution in [3.8, 4) is 0 Å². The van der Waals surface area contributed by atoms with Gasteiger partial charge in [0, 0.05) is 24.1 Å². The number of amides is 1. The SMILES string of the molecule is CN(Cc1ccccc1Br)C(=O)/C=C/c1ccc(I)o1. The van der Waals surface area contributed by atoms with Gasteiger partial charge in [0.05, 0.1) is 0 Å². The second kappa shape index (κ2) is 7.08. The largest absolute Gasteiger partial charge is 0.451 e. The van der Waals surface area contributed by atoms with E-state index in [-0.39, 0.29) is 5.91 Å². The lowest BCUT2D eigenvalue weighted by molar-refractivity contribution is -0.125. The molecule has 0 aliphatic heterocycles. The van der Waals surface area contributed by atoms with Crippen LogP contribution in [-0.2, 0) is 11.3 Å². The number of hydrogen-bond donors (Lipinski definition) is 0. The molecule has 1 heterocycles. The fraction of sp³-hybridized carbons (Fsp3) is 0.133. The first-order chi connectivity index (χ1) is 9.56. The second-order valence-electron chi connectivity index (χ2n) is 4.26. The number of carbonyl (C=O) groups excluding carboxylic acids is 1. The van der Waals surface area contributed by atoms with Gasteiger partial charge < -0.3 is 9.32 Å². The molecule has 1 aromatic heterocycles. The highest BCUT2D eigenvalue weighted by molar-refractivity contribution is 14.1. The minimum absolute atomic E-state index is 0.0628. The Labute approximate surface area is 139 Å². The fourth-order valence-corrected chi connectivity index (χ4v) is 2.50. The monoisotopic (exact) mass is 445 g/mol. The maximum atomic E-state index is 12.0. The van der Waals surface area contributed by atoms with E-state index in [1.807, 2.05) is 36.4 Å². The molecule has 0 saturated carbocycles. The molecule has 0 atom stereocenters. The summed E-state index contributed by atoms with van der Waals surface area (Å²) in [5, 5.41) is 0. The average Bonchev–Trinajstić information content (AvgIpc) is 2.84. The summed E-state index contributed by atoms with van der Waals surface area (Å²) in [6, 6.07) is 11.6. The van der Waals surface area contributed by atoms with E-state index in [1.165, 1.54) is 6.08 Å². The highest BCUT2D eigenvalue weighted by Gasteiger charge is 2.08. The number of rotatable bonds is 4. The number of likely N-dealkylation sites (N-methyl/N-ethyl adjacent to an activating group) is 1. The van der Waals surface area contributed by atoms with Crippen molar-refractivity contribution in [1.29, 1.82) is 0 Å². The topological polar surface area (TPSA) is 33.5 Å². The third kappa shape index (κ3) is 4.21. The van der Waals surface area contributed by atoms with Gasteiger partial charge in [-0.05, 0) is 52.4 Å². The smallest absolute Gasteiger partial charge is 0.246 e. The highest BCUT2D eigenvalue weighted by Crippen LogP contribution is 2.17. The Morgan fingerprint density at radius 2 is 2.10 bits per heavy atom. The summed E-state index contributed by atoms with van der Waals surface area (Å²) in [6.07, 6.45) is 3.20. The minimum atomic E-state index is -0.0628. The van der Waals surface area contributed by atoms with Crippen LogP contribution in [0.1, 0.15) is 11.3 Å². The Morgan fingerprint density at radius 3 is 2.75 bits per heavy atom. The molecule has 0 radical (unpaired) electrons. The van der Waals surface area contributed by atoms with Crippen molar-refractivity contribution in [2.45, 2.75) is 6.54 Å². The second-order valence-corrected chi connectivity index (χ2v) is 6.18. The van der Waals surface area contributed by atoms with Crippen LogP contribution in [-0.4, -0.2) is 17.9 Å². The van der Waals surface area contributed by atoms with Crippen molar-refractivity contribution < 1.29 is 9.21 Å². The third-order valence-electron chi connectivity index (χ3n) is 2.73. The zero-order valence-corrected chi connectivity index (χ0v) is 14.6. The standard InChI is InChI=1S/C15H13BrINO2/c1-18(10-11-4-2-3-5-13(11)16)15(19)9-7-12-6-8-14(17)20-12/h2-9H,10H2,1H3/b9-7+. The summed E-state index contributed by atoms with van der Waals surface area (Å²) >= 11 is 5.57. The molecule has 0 spiro atoms. The number of benzene rings is 1. The molecular weight excluding hydrogens is 433 g/mol. The minimum Gasteiger partial charge on any atom is -0.451 e. The Balaban J connectivity index is 1.99. The lowest BCUT2D eigenvalue weighted by Gasteiger charge is -2.16. The van der Waals surface area contributed by atoms with Gasteiger partial charge in [-0.1, -0.05) is 34.1 Å². The maximum absolute atomic E-state index is 12.0. The van der Waals surface area contributed by atoms with Crippen LogP contribution < -0.4 is 0 Å². The van der Waals surface area contributed by atoms with E-state index >= 15 is 0 Å². The lowest BCUT2D eigenvalue weighted by Crippen LogP contribution is -2.24. The van der Waals surface area contributed by atoms with Crippen LogP contribution in [0.3, 0.4) is 0 Å².